The molecule has 0 aliphatic heterocycles. The van der Waals surface area contributed by atoms with Crippen molar-refractivity contribution in [1.29, 1.82) is 0 Å². The van der Waals surface area contributed by atoms with Gasteiger partial charge in [-0.05, 0) is 19.9 Å². The minimum atomic E-state index is 0.0711. The summed E-state index contributed by atoms with van der Waals surface area (Å²) in [7, 11) is 3.23. The highest BCUT2D eigenvalue weighted by atomic mass is 16.6. The Morgan fingerprint density at radius 2 is 1.72 bits per heavy atom. The van der Waals surface area contributed by atoms with Gasteiger partial charge in [0.1, 0.15) is 5.75 Å². The van der Waals surface area contributed by atoms with Gasteiger partial charge in [-0.1, -0.05) is 0 Å². The molecule has 0 spiro atoms. The Balaban J connectivity index is 3.06. The molecule has 0 saturated carbocycles. The fraction of sp³-hybridized carbons (Fsp3) is 0.538. The van der Waals surface area contributed by atoms with Crippen LogP contribution >= 0.6 is 0 Å². The molecule has 0 heterocycles. The van der Waals surface area contributed by atoms with Crippen LogP contribution < -0.4 is 20.1 Å². The average Bonchev–Trinajstić information content (AvgIpc) is 2.35. The Bertz CT molecular complexity index is 379. The maximum absolute atomic E-state index is 5.68. The summed E-state index contributed by atoms with van der Waals surface area (Å²) in [5, 5.41) is 0. The van der Waals surface area contributed by atoms with E-state index in [1.807, 2.05) is 26.0 Å². The fourth-order valence-corrected chi connectivity index (χ4v) is 1.64. The molecule has 0 amide bonds. The molecule has 0 aromatic heterocycles. The normalized spacial score (nSPS) is 10.6. The highest BCUT2D eigenvalue weighted by molar-refractivity contribution is 5.50. The van der Waals surface area contributed by atoms with Gasteiger partial charge < -0.3 is 19.0 Å². The minimum absolute atomic E-state index is 0.0711. The number of hydrogen-bond donors (Lipinski definition) is 1. The van der Waals surface area contributed by atoms with Gasteiger partial charge in [-0.3, -0.25) is 0 Å². The lowest BCUT2D eigenvalue weighted by atomic mass is 10.1. The summed E-state index contributed by atoms with van der Waals surface area (Å²) in [6.07, 6.45) is 0.722. The van der Waals surface area contributed by atoms with Gasteiger partial charge in [0.15, 0.2) is 11.5 Å². The second-order valence-electron chi connectivity index (χ2n) is 4.10. The Morgan fingerprint density at radius 1 is 1.06 bits per heavy atom. The van der Waals surface area contributed by atoms with E-state index in [1.54, 1.807) is 14.2 Å². The second kappa shape index (κ2) is 7.08. The number of nitrogens with two attached hydrogens (primary N) is 1. The van der Waals surface area contributed by atoms with E-state index in [9.17, 15) is 0 Å². The quantitative estimate of drug-likeness (QED) is 0.754. The largest absolute Gasteiger partial charge is 0.496 e. The van der Waals surface area contributed by atoms with Crippen LogP contribution in [0.2, 0.25) is 0 Å². The summed E-state index contributed by atoms with van der Waals surface area (Å²) in [6, 6.07) is 3.71. The zero-order chi connectivity index (χ0) is 13.5. The Hall–Kier alpha value is -1.46. The Morgan fingerprint density at radius 3 is 2.22 bits per heavy atom. The van der Waals surface area contributed by atoms with Crippen molar-refractivity contribution in [2.45, 2.75) is 26.4 Å². The molecule has 1 aromatic carbocycles. The van der Waals surface area contributed by atoms with Crippen LogP contribution in [-0.4, -0.2) is 26.9 Å². The number of ether oxygens (including phenoxy) is 3. The summed E-state index contributed by atoms with van der Waals surface area (Å²) >= 11 is 0. The van der Waals surface area contributed by atoms with Gasteiger partial charge in [-0.25, -0.2) is 5.90 Å². The number of benzene rings is 1. The van der Waals surface area contributed by atoms with Gasteiger partial charge in [-0.2, -0.15) is 0 Å². The maximum atomic E-state index is 5.68. The van der Waals surface area contributed by atoms with Crippen molar-refractivity contribution in [3.8, 4) is 17.2 Å². The molecule has 5 heteroatoms. The molecule has 0 atom stereocenters. The van der Waals surface area contributed by atoms with E-state index in [0.717, 1.165) is 11.3 Å². The van der Waals surface area contributed by atoms with Crippen LogP contribution in [0, 0.1) is 0 Å². The molecule has 0 aliphatic carbocycles. The molecule has 0 radical (unpaired) electrons. The van der Waals surface area contributed by atoms with Crippen molar-refractivity contribution in [2.24, 2.45) is 5.90 Å². The number of methoxy groups -OCH3 is 2. The second-order valence-corrected chi connectivity index (χ2v) is 4.10. The van der Waals surface area contributed by atoms with Gasteiger partial charge >= 0.3 is 0 Å². The lowest BCUT2D eigenvalue weighted by Crippen LogP contribution is -2.09. The average molecular weight is 255 g/mol. The third kappa shape index (κ3) is 3.78. The summed E-state index contributed by atoms with van der Waals surface area (Å²) in [4.78, 5) is 4.59. The van der Waals surface area contributed by atoms with Crippen LogP contribution in [0.25, 0.3) is 0 Å². The molecule has 0 fully saturated rings. The first-order valence-electron chi connectivity index (χ1n) is 5.85. The van der Waals surface area contributed by atoms with Crippen LogP contribution in [-0.2, 0) is 11.3 Å². The zero-order valence-corrected chi connectivity index (χ0v) is 11.4. The van der Waals surface area contributed by atoms with E-state index in [0.29, 0.717) is 24.5 Å². The first-order valence-corrected chi connectivity index (χ1v) is 5.85. The van der Waals surface area contributed by atoms with Crippen LogP contribution in [0.1, 0.15) is 19.4 Å². The first kappa shape index (κ1) is 14.6. The summed E-state index contributed by atoms with van der Waals surface area (Å²) in [5.41, 5.74) is 0.968. The first-order chi connectivity index (χ1) is 8.62. The lowest BCUT2D eigenvalue weighted by molar-refractivity contribution is 0.140. The van der Waals surface area contributed by atoms with Crippen LogP contribution in [0.5, 0.6) is 17.2 Å². The van der Waals surface area contributed by atoms with Gasteiger partial charge in [0.25, 0.3) is 0 Å². The lowest BCUT2D eigenvalue weighted by Gasteiger charge is -2.17. The molecule has 2 N–H and O–H groups in total. The molecule has 1 rings (SSSR count). The van der Waals surface area contributed by atoms with Gasteiger partial charge in [0, 0.05) is 18.1 Å². The van der Waals surface area contributed by atoms with Gasteiger partial charge in [-0.15, -0.1) is 0 Å². The molecule has 5 nitrogen and oxygen atoms in total. The highest BCUT2D eigenvalue weighted by Gasteiger charge is 2.13. The molecule has 0 aliphatic rings. The SMILES string of the molecule is COc1cc(OC(C)C)c(OC)cc1CCON. The van der Waals surface area contributed by atoms with Crippen molar-refractivity contribution in [1.82, 2.24) is 0 Å². The van der Waals surface area contributed by atoms with Gasteiger partial charge in [0.2, 0.25) is 0 Å². The molecular weight excluding hydrogens is 234 g/mol. The molecule has 1 aromatic rings. The van der Waals surface area contributed by atoms with Crippen molar-refractivity contribution in [2.75, 3.05) is 20.8 Å². The Kier molecular flexibility index (Phi) is 5.74. The molecular formula is C13H21NO4. The monoisotopic (exact) mass is 255 g/mol. The molecule has 0 bridgehead atoms. The summed E-state index contributed by atoms with van der Waals surface area (Å²) in [5.74, 6) is 7.12. The van der Waals surface area contributed by atoms with E-state index in [-0.39, 0.29) is 6.10 Å². The predicted molar refractivity (Wildman–Crippen MR) is 69.2 cm³/mol. The van der Waals surface area contributed by atoms with Crippen molar-refractivity contribution >= 4 is 0 Å². The van der Waals surface area contributed by atoms with Gasteiger partial charge in [0.05, 0.1) is 26.9 Å². The van der Waals surface area contributed by atoms with E-state index in [4.69, 9.17) is 20.1 Å². The molecule has 18 heavy (non-hydrogen) atoms. The van der Waals surface area contributed by atoms with E-state index >= 15 is 0 Å². The fourth-order valence-electron chi connectivity index (χ4n) is 1.64. The number of rotatable bonds is 7. The maximum Gasteiger partial charge on any atom is 0.165 e. The van der Waals surface area contributed by atoms with E-state index < -0.39 is 0 Å². The summed E-state index contributed by atoms with van der Waals surface area (Å²) < 4.78 is 16.3. The molecule has 0 saturated heterocycles. The minimum Gasteiger partial charge on any atom is -0.496 e. The van der Waals surface area contributed by atoms with Crippen molar-refractivity contribution < 1.29 is 19.0 Å². The Labute approximate surface area is 108 Å². The third-order valence-corrected chi connectivity index (χ3v) is 2.42. The van der Waals surface area contributed by atoms with Crippen LogP contribution in [0.3, 0.4) is 0 Å². The summed E-state index contributed by atoms with van der Waals surface area (Å²) in [6.45, 7) is 4.34. The molecule has 0 unspecified atom stereocenters. The van der Waals surface area contributed by atoms with Crippen molar-refractivity contribution in [3.05, 3.63) is 17.7 Å². The van der Waals surface area contributed by atoms with Crippen molar-refractivity contribution in [3.63, 3.8) is 0 Å². The molecule has 102 valence electrons. The topological polar surface area (TPSA) is 62.9 Å². The smallest absolute Gasteiger partial charge is 0.165 e. The number of hydrogen-bond acceptors (Lipinski definition) is 5. The predicted octanol–water partition coefficient (Wildman–Crippen LogP) is 1.92. The third-order valence-electron chi connectivity index (χ3n) is 2.42. The van der Waals surface area contributed by atoms with E-state index in [1.165, 1.54) is 0 Å². The van der Waals surface area contributed by atoms with Crippen LogP contribution in [0.4, 0.5) is 0 Å². The highest BCUT2D eigenvalue weighted by Crippen LogP contribution is 2.35. The van der Waals surface area contributed by atoms with Crippen LogP contribution in [0.15, 0.2) is 12.1 Å². The standard InChI is InChI=1S/C13H21NO4/c1-9(2)18-13-8-11(15-3)10(5-6-17-14)7-12(13)16-4/h7-9H,5-6,14H2,1-4H3. The zero-order valence-electron chi connectivity index (χ0n) is 11.4. The van der Waals surface area contributed by atoms with E-state index in [2.05, 4.69) is 4.84 Å².